The highest BCUT2D eigenvalue weighted by Crippen LogP contribution is 2.46. The highest BCUT2D eigenvalue weighted by Gasteiger charge is 2.49. The minimum absolute atomic E-state index is 0.0212. The number of esters is 1. The topological polar surface area (TPSA) is 159 Å². The highest BCUT2D eigenvalue weighted by molar-refractivity contribution is 6.31. The Labute approximate surface area is 331 Å². The molecule has 3 aliphatic rings. The first-order valence-electron chi connectivity index (χ1n) is 18.8. The summed E-state index contributed by atoms with van der Waals surface area (Å²) in [7, 11) is 3.01. The van der Waals surface area contributed by atoms with E-state index in [1.807, 2.05) is 4.90 Å². The number of aromatic nitrogens is 2. The fourth-order valence-electron chi connectivity index (χ4n) is 7.67. The van der Waals surface area contributed by atoms with Crippen molar-refractivity contribution < 1.29 is 42.1 Å². The van der Waals surface area contributed by atoms with Crippen LogP contribution in [0.3, 0.4) is 0 Å². The summed E-state index contributed by atoms with van der Waals surface area (Å²) < 4.78 is 53.3. The summed E-state index contributed by atoms with van der Waals surface area (Å²) >= 11 is 6.60. The number of anilines is 2. The van der Waals surface area contributed by atoms with Crippen LogP contribution in [0.2, 0.25) is 5.02 Å². The number of carbonyl (C=O) groups excluding carboxylic acids is 3. The molecule has 1 unspecified atom stereocenters. The van der Waals surface area contributed by atoms with Crippen LogP contribution in [0, 0.1) is 17.1 Å². The molecule has 1 aromatic carbocycles. The van der Waals surface area contributed by atoms with Gasteiger partial charge in [-0.3, -0.25) is 15.0 Å². The van der Waals surface area contributed by atoms with Crippen molar-refractivity contribution in [1.29, 1.82) is 5.26 Å². The van der Waals surface area contributed by atoms with Gasteiger partial charge in [0.2, 0.25) is 0 Å². The molecule has 1 aromatic heterocycles. The van der Waals surface area contributed by atoms with E-state index >= 15 is 4.39 Å². The third-order valence-corrected chi connectivity index (χ3v) is 10.5. The van der Waals surface area contributed by atoms with E-state index < -0.39 is 52.8 Å². The first-order chi connectivity index (χ1) is 26.2. The number of nitrogens with one attached hydrogen (secondary N) is 1. The summed E-state index contributed by atoms with van der Waals surface area (Å²) in [6.45, 7) is 11.0. The van der Waals surface area contributed by atoms with Crippen LogP contribution in [0.25, 0.3) is 0 Å². The zero-order chi connectivity index (χ0) is 41.2. The molecule has 1 aliphatic carbocycles. The number of benzene rings is 1. The number of methoxy groups -OCH3 is 1. The largest absolute Gasteiger partial charge is 0.468 e. The smallest absolute Gasteiger partial charge is 0.412 e. The average Bonchev–Trinajstić information content (AvgIpc) is 3.43. The van der Waals surface area contributed by atoms with Crippen LogP contribution in [0.15, 0.2) is 12.1 Å². The number of halogens is 3. The monoisotopic (exact) mass is 803 g/mol. The Hall–Kier alpha value is -4.49. The number of likely N-dealkylation sites (tertiary alicyclic amines) is 1. The SMILES string of the molecule is COC(=O)C1(Cc2nc(OC[C@@H]3C[C@@H](F)CN3C)nc(N3CCN(C(=O)OC(C)(C)C)[C@@H](CC#N)C3)c2NC(=O)OC(C)(C)C)CCCc2c(Cl)ccc(F)c21. The van der Waals surface area contributed by atoms with Crippen molar-refractivity contribution in [3.05, 3.63) is 39.8 Å². The number of rotatable bonds is 9. The summed E-state index contributed by atoms with van der Waals surface area (Å²) in [4.78, 5) is 55.6. The Kier molecular flexibility index (Phi) is 12.9. The van der Waals surface area contributed by atoms with Gasteiger partial charge in [-0.2, -0.15) is 15.2 Å². The maximum absolute atomic E-state index is 16.0. The van der Waals surface area contributed by atoms with Gasteiger partial charge in [-0.25, -0.2) is 18.4 Å². The van der Waals surface area contributed by atoms with Crippen molar-refractivity contribution in [3.8, 4) is 12.1 Å². The molecular weight excluding hydrogens is 752 g/mol. The van der Waals surface area contributed by atoms with E-state index in [9.17, 15) is 24.0 Å². The van der Waals surface area contributed by atoms with Gasteiger partial charge in [0, 0.05) is 49.2 Å². The van der Waals surface area contributed by atoms with E-state index in [-0.39, 0.29) is 93.3 Å². The standard InChI is InChI=1S/C39H52ClF2N7O7/c1-37(2,3)55-35(51)45-31-29(19-39(33(50)53-8)14-9-10-26-27(40)11-12-28(42)30(26)39)44-34(54-22-25-18-23(41)20-47(25)7)46-32(31)48-16-17-49(24(21-48)13-15-43)36(52)56-38(4,5)6/h11-12,23-25H,9-10,13-14,16-22H2,1-8H3,(H,45,51)/t23-,24+,25+,39?/m1/s1. The molecular formula is C39H52ClF2N7O7. The third-order valence-electron chi connectivity index (χ3n) is 10.1. The fraction of sp³-hybridized carbons (Fsp3) is 0.641. The summed E-state index contributed by atoms with van der Waals surface area (Å²) in [5.74, 6) is -1.23. The second kappa shape index (κ2) is 16.9. The van der Waals surface area contributed by atoms with E-state index in [0.717, 1.165) is 0 Å². The van der Waals surface area contributed by atoms with Crippen LogP contribution in [-0.2, 0) is 37.3 Å². The summed E-state index contributed by atoms with van der Waals surface area (Å²) in [6.07, 6.45) is -1.53. The minimum atomic E-state index is -1.64. The zero-order valence-corrected chi connectivity index (χ0v) is 34.1. The number of ether oxygens (including phenoxy) is 4. The Bertz CT molecular complexity index is 1850. The Morgan fingerprint density at radius 1 is 1.07 bits per heavy atom. The van der Waals surface area contributed by atoms with Gasteiger partial charge >= 0.3 is 24.2 Å². The molecule has 2 aromatic rings. The molecule has 3 heterocycles. The predicted octanol–water partition coefficient (Wildman–Crippen LogP) is 6.37. The number of alkyl halides is 1. The van der Waals surface area contributed by atoms with E-state index in [1.165, 1.54) is 24.1 Å². The number of fused-ring (bicyclic) bond motifs is 1. The van der Waals surface area contributed by atoms with Crippen molar-refractivity contribution >= 4 is 41.3 Å². The lowest BCUT2D eigenvalue weighted by atomic mass is 9.67. The van der Waals surface area contributed by atoms with Crippen molar-refractivity contribution in [2.24, 2.45) is 0 Å². The van der Waals surface area contributed by atoms with Gasteiger partial charge in [0.15, 0.2) is 5.82 Å². The van der Waals surface area contributed by atoms with Crippen molar-refractivity contribution in [1.82, 2.24) is 19.8 Å². The number of nitriles is 1. The molecule has 4 atom stereocenters. The predicted molar refractivity (Wildman–Crippen MR) is 204 cm³/mol. The second-order valence-corrected chi connectivity index (χ2v) is 17.0. The lowest BCUT2D eigenvalue weighted by molar-refractivity contribution is -0.148. The van der Waals surface area contributed by atoms with Crippen LogP contribution in [0.4, 0.5) is 29.9 Å². The van der Waals surface area contributed by atoms with Gasteiger partial charge in [-0.05, 0) is 92.0 Å². The van der Waals surface area contributed by atoms with Crippen molar-refractivity contribution in [2.75, 3.05) is 57.2 Å². The van der Waals surface area contributed by atoms with Crippen LogP contribution >= 0.6 is 11.6 Å². The van der Waals surface area contributed by atoms with Gasteiger partial charge in [-0.1, -0.05) is 11.6 Å². The third kappa shape index (κ3) is 9.72. The van der Waals surface area contributed by atoms with E-state index in [1.54, 1.807) is 53.5 Å². The first-order valence-corrected chi connectivity index (χ1v) is 19.2. The van der Waals surface area contributed by atoms with E-state index in [2.05, 4.69) is 11.4 Å². The molecule has 0 bridgehead atoms. The number of amides is 2. The number of nitrogens with zero attached hydrogens (tertiary/aromatic N) is 6. The summed E-state index contributed by atoms with van der Waals surface area (Å²) in [6, 6.07) is 3.72. The van der Waals surface area contributed by atoms with E-state index in [0.29, 0.717) is 23.4 Å². The molecule has 2 amide bonds. The second-order valence-electron chi connectivity index (χ2n) is 16.6. The first kappa shape index (κ1) is 42.6. The Morgan fingerprint density at radius 2 is 1.79 bits per heavy atom. The molecule has 5 rings (SSSR count). The quantitative estimate of drug-likeness (QED) is 0.221. The average molecular weight is 804 g/mol. The number of hydrogen-bond donors (Lipinski definition) is 1. The van der Waals surface area contributed by atoms with Gasteiger partial charge in [-0.15, -0.1) is 0 Å². The number of carbonyl (C=O) groups is 3. The Balaban J connectivity index is 1.68. The minimum Gasteiger partial charge on any atom is -0.468 e. The van der Waals surface area contributed by atoms with Crippen molar-refractivity contribution in [2.45, 2.75) is 115 Å². The molecule has 56 heavy (non-hydrogen) atoms. The summed E-state index contributed by atoms with van der Waals surface area (Å²) in [5.41, 5.74) is -2.64. The van der Waals surface area contributed by atoms with Gasteiger partial charge in [0.05, 0.1) is 31.3 Å². The highest BCUT2D eigenvalue weighted by atomic mass is 35.5. The molecule has 17 heteroatoms. The van der Waals surface area contributed by atoms with Gasteiger partial charge in [0.25, 0.3) is 0 Å². The lowest BCUT2D eigenvalue weighted by Gasteiger charge is -2.42. The van der Waals surface area contributed by atoms with Crippen LogP contribution in [-0.4, -0.2) is 114 Å². The number of piperazine rings is 1. The number of likely N-dealkylation sites (N-methyl/N-ethyl adjacent to an activating group) is 1. The molecule has 14 nitrogen and oxygen atoms in total. The van der Waals surface area contributed by atoms with Crippen LogP contribution in [0.1, 0.15) is 84.0 Å². The lowest BCUT2D eigenvalue weighted by Crippen LogP contribution is -2.56. The zero-order valence-electron chi connectivity index (χ0n) is 33.3. The molecule has 0 radical (unpaired) electrons. The number of hydrogen-bond acceptors (Lipinski definition) is 12. The summed E-state index contributed by atoms with van der Waals surface area (Å²) in [5, 5.41) is 12.9. The van der Waals surface area contributed by atoms with Crippen LogP contribution in [0.5, 0.6) is 6.01 Å². The van der Waals surface area contributed by atoms with E-state index in [4.69, 9.17) is 40.5 Å². The molecule has 2 saturated heterocycles. The van der Waals surface area contributed by atoms with Crippen molar-refractivity contribution in [3.63, 3.8) is 0 Å². The van der Waals surface area contributed by atoms with Gasteiger partial charge < -0.3 is 28.7 Å². The molecule has 306 valence electrons. The maximum Gasteiger partial charge on any atom is 0.412 e. The Morgan fingerprint density at radius 3 is 2.41 bits per heavy atom. The van der Waals surface area contributed by atoms with Crippen LogP contribution < -0.4 is 15.0 Å². The molecule has 0 saturated carbocycles. The van der Waals surface area contributed by atoms with Gasteiger partial charge in [0.1, 0.15) is 40.9 Å². The normalized spacial score (nSPS) is 22.9. The molecule has 2 fully saturated rings. The molecule has 0 spiro atoms. The molecule has 2 aliphatic heterocycles. The fourth-order valence-corrected chi connectivity index (χ4v) is 7.93. The maximum atomic E-state index is 16.0. The molecule has 1 N–H and O–H groups in total.